The second kappa shape index (κ2) is 6.30. The molecule has 4 heteroatoms. The van der Waals surface area contributed by atoms with Gasteiger partial charge >= 0.3 is 0 Å². The number of hydrogen-bond donors (Lipinski definition) is 1. The van der Waals surface area contributed by atoms with Crippen molar-refractivity contribution in [2.45, 2.75) is 26.7 Å². The van der Waals surface area contributed by atoms with E-state index in [9.17, 15) is 0 Å². The Morgan fingerprint density at radius 3 is 2.54 bits per heavy atom. The van der Waals surface area contributed by atoms with Crippen LogP contribution in [0.3, 0.4) is 0 Å². The highest BCUT2D eigenvalue weighted by atomic mass is 16.3. The Kier molecular flexibility index (Phi) is 3.96. The van der Waals surface area contributed by atoms with Crippen LogP contribution < -0.4 is 5.73 Å². The van der Waals surface area contributed by atoms with E-state index in [0.29, 0.717) is 11.6 Å². The van der Waals surface area contributed by atoms with Gasteiger partial charge in [0, 0.05) is 22.4 Å². The van der Waals surface area contributed by atoms with Crippen molar-refractivity contribution in [2.24, 2.45) is 0 Å². The molecule has 2 N–H and O–H groups in total. The van der Waals surface area contributed by atoms with Gasteiger partial charge in [0.15, 0.2) is 0 Å². The molecule has 130 valence electrons. The molecule has 2 aromatic heterocycles. The predicted molar refractivity (Wildman–Crippen MR) is 105 cm³/mol. The zero-order valence-electron chi connectivity index (χ0n) is 15.2. The molecular weight excluding hydrogens is 322 g/mol. The normalized spacial score (nSPS) is 12.4. The lowest BCUT2D eigenvalue weighted by molar-refractivity contribution is 0.613. The Labute approximate surface area is 152 Å². The monoisotopic (exact) mass is 343 g/mol. The minimum atomic E-state index is 0.0907. The lowest BCUT2D eigenvalue weighted by Crippen LogP contribution is -2.09. The number of anilines is 1. The van der Waals surface area contributed by atoms with Gasteiger partial charge in [-0.05, 0) is 43.2 Å². The second-order valence-corrected chi connectivity index (χ2v) is 6.68. The number of hydrogen-bond acceptors (Lipinski definition) is 4. The van der Waals surface area contributed by atoms with Gasteiger partial charge in [-0.2, -0.15) is 0 Å². The van der Waals surface area contributed by atoms with Crippen LogP contribution in [0.5, 0.6) is 0 Å². The highest BCUT2D eigenvalue weighted by molar-refractivity contribution is 5.86. The van der Waals surface area contributed by atoms with Gasteiger partial charge in [0.1, 0.15) is 17.2 Å². The average Bonchev–Trinajstić information content (AvgIpc) is 3.02. The summed E-state index contributed by atoms with van der Waals surface area (Å²) < 4.78 is 5.58. The number of aromatic nitrogens is 2. The summed E-state index contributed by atoms with van der Waals surface area (Å²) in [4.78, 5) is 9.17. The molecule has 0 saturated heterocycles. The van der Waals surface area contributed by atoms with Crippen LogP contribution in [0.1, 0.15) is 35.4 Å². The summed E-state index contributed by atoms with van der Waals surface area (Å²) >= 11 is 0. The molecule has 0 aliphatic carbocycles. The fourth-order valence-corrected chi connectivity index (χ4v) is 3.46. The van der Waals surface area contributed by atoms with Crippen molar-refractivity contribution < 1.29 is 4.42 Å². The first-order valence-corrected chi connectivity index (χ1v) is 8.72. The summed E-state index contributed by atoms with van der Waals surface area (Å²) in [6.45, 7) is 6.06. The molecule has 0 aliphatic heterocycles. The van der Waals surface area contributed by atoms with E-state index in [1.807, 2.05) is 44.2 Å². The topological polar surface area (TPSA) is 64.9 Å². The van der Waals surface area contributed by atoms with Gasteiger partial charge in [-0.1, -0.05) is 37.3 Å². The summed E-state index contributed by atoms with van der Waals surface area (Å²) in [6, 6.07) is 16.5. The van der Waals surface area contributed by atoms with Crippen molar-refractivity contribution in [2.75, 3.05) is 5.73 Å². The molecule has 0 fully saturated rings. The van der Waals surface area contributed by atoms with E-state index in [1.54, 1.807) is 6.26 Å². The van der Waals surface area contributed by atoms with E-state index in [-0.39, 0.29) is 5.92 Å². The Morgan fingerprint density at radius 1 is 1.00 bits per heavy atom. The Hall–Kier alpha value is -3.14. The number of nitrogens with two attached hydrogens (primary N) is 1. The number of nitrogens with zero attached hydrogens (tertiary/aromatic N) is 2. The maximum absolute atomic E-state index is 6.35. The van der Waals surface area contributed by atoms with Gasteiger partial charge in [0.25, 0.3) is 0 Å². The fraction of sp³-hybridized carbons (Fsp3) is 0.182. The predicted octanol–water partition coefficient (Wildman–Crippen LogP) is 5.24. The summed E-state index contributed by atoms with van der Waals surface area (Å²) in [5.74, 6) is 1.30. The number of benzene rings is 2. The third-order valence-electron chi connectivity index (χ3n) is 4.86. The van der Waals surface area contributed by atoms with Crippen LogP contribution in [-0.2, 0) is 0 Å². The molecule has 26 heavy (non-hydrogen) atoms. The van der Waals surface area contributed by atoms with Crippen LogP contribution in [-0.4, -0.2) is 9.97 Å². The quantitative estimate of drug-likeness (QED) is 0.552. The van der Waals surface area contributed by atoms with Crippen LogP contribution in [0.25, 0.3) is 22.2 Å². The first-order chi connectivity index (χ1) is 12.5. The fourth-order valence-electron chi connectivity index (χ4n) is 3.46. The highest BCUT2D eigenvalue weighted by Gasteiger charge is 2.20. The summed E-state index contributed by atoms with van der Waals surface area (Å²) in [5.41, 5.74) is 12.4. The third-order valence-corrected chi connectivity index (χ3v) is 4.86. The molecule has 0 saturated carbocycles. The minimum absolute atomic E-state index is 0.0907. The molecule has 4 rings (SSSR count). The van der Waals surface area contributed by atoms with E-state index in [2.05, 4.69) is 30.1 Å². The van der Waals surface area contributed by atoms with E-state index in [4.69, 9.17) is 15.1 Å². The summed E-state index contributed by atoms with van der Waals surface area (Å²) in [7, 11) is 0. The number of rotatable bonds is 3. The van der Waals surface area contributed by atoms with Crippen molar-refractivity contribution >= 4 is 16.8 Å². The first kappa shape index (κ1) is 16.3. The smallest absolute Gasteiger partial charge is 0.134 e. The van der Waals surface area contributed by atoms with E-state index in [0.717, 1.165) is 33.4 Å². The van der Waals surface area contributed by atoms with Gasteiger partial charge in [-0.3, -0.25) is 0 Å². The van der Waals surface area contributed by atoms with Crippen molar-refractivity contribution in [3.05, 3.63) is 77.3 Å². The Bertz CT molecular complexity index is 1080. The number of nitrogen functional groups attached to an aromatic ring is 1. The molecule has 4 nitrogen and oxygen atoms in total. The van der Waals surface area contributed by atoms with Crippen molar-refractivity contribution in [1.29, 1.82) is 0 Å². The molecule has 2 aromatic carbocycles. The SMILES string of the molecule is Cc1nc(N)c(C(C)c2ccccc2)c(-c2ccc3occ(C)c3c2)n1. The zero-order chi connectivity index (χ0) is 18.3. The largest absolute Gasteiger partial charge is 0.464 e. The summed E-state index contributed by atoms with van der Waals surface area (Å²) in [5, 5.41) is 1.09. The lowest BCUT2D eigenvalue weighted by Gasteiger charge is -2.19. The molecule has 1 unspecified atom stereocenters. The van der Waals surface area contributed by atoms with E-state index < -0.39 is 0 Å². The maximum Gasteiger partial charge on any atom is 0.134 e. The van der Waals surface area contributed by atoms with Crippen LogP contribution in [0.2, 0.25) is 0 Å². The highest BCUT2D eigenvalue weighted by Crippen LogP contribution is 2.36. The minimum Gasteiger partial charge on any atom is -0.464 e. The van der Waals surface area contributed by atoms with Crippen LogP contribution in [0.15, 0.2) is 59.2 Å². The number of fused-ring (bicyclic) bond motifs is 1. The molecule has 0 spiro atoms. The van der Waals surface area contributed by atoms with Crippen molar-refractivity contribution in [3.8, 4) is 11.3 Å². The van der Waals surface area contributed by atoms with Gasteiger partial charge in [0.2, 0.25) is 0 Å². The third kappa shape index (κ3) is 2.73. The van der Waals surface area contributed by atoms with Crippen molar-refractivity contribution in [3.63, 3.8) is 0 Å². The zero-order valence-corrected chi connectivity index (χ0v) is 15.2. The molecule has 1 atom stereocenters. The standard InChI is InChI=1S/C22H21N3O/c1-13-12-26-19-10-9-17(11-18(13)19)21-20(22(23)25-15(3)24-21)14(2)16-7-5-4-6-8-16/h4-12,14H,1-3H3,(H2,23,24,25). The molecule has 0 amide bonds. The second-order valence-electron chi connectivity index (χ2n) is 6.68. The lowest BCUT2D eigenvalue weighted by atomic mass is 9.89. The Balaban J connectivity index is 1.93. The van der Waals surface area contributed by atoms with Gasteiger partial charge in [0.05, 0.1) is 12.0 Å². The first-order valence-electron chi connectivity index (χ1n) is 8.72. The summed E-state index contributed by atoms with van der Waals surface area (Å²) in [6.07, 6.45) is 1.78. The van der Waals surface area contributed by atoms with Crippen LogP contribution in [0, 0.1) is 13.8 Å². The number of furan rings is 1. The Morgan fingerprint density at radius 2 is 1.77 bits per heavy atom. The van der Waals surface area contributed by atoms with Gasteiger partial charge in [-0.25, -0.2) is 9.97 Å². The maximum atomic E-state index is 6.35. The van der Waals surface area contributed by atoms with Crippen LogP contribution >= 0.6 is 0 Å². The molecule has 0 radical (unpaired) electrons. The van der Waals surface area contributed by atoms with Gasteiger partial charge in [-0.15, -0.1) is 0 Å². The molecular formula is C22H21N3O. The molecule has 2 heterocycles. The van der Waals surface area contributed by atoms with E-state index in [1.165, 1.54) is 5.56 Å². The van der Waals surface area contributed by atoms with Crippen LogP contribution in [0.4, 0.5) is 5.82 Å². The average molecular weight is 343 g/mol. The van der Waals surface area contributed by atoms with Gasteiger partial charge < -0.3 is 10.2 Å². The molecule has 0 aliphatic rings. The van der Waals surface area contributed by atoms with E-state index >= 15 is 0 Å². The molecule has 0 bridgehead atoms. The van der Waals surface area contributed by atoms with Crippen molar-refractivity contribution in [1.82, 2.24) is 9.97 Å². The molecule has 4 aromatic rings. The number of aryl methyl sites for hydroxylation is 2.